The van der Waals surface area contributed by atoms with Crippen LogP contribution < -0.4 is 0 Å². The predicted octanol–water partition coefficient (Wildman–Crippen LogP) is 1.31. The van der Waals surface area contributed by atoms with Crippen LogP contribution in [0.25, 0.3) is 0 Å². The zero-order valence-electron chi connectivity index (χ0n) is 9.84. The van der Waals surface area contributed by atoms with E-state index in [2.05, 4.69) is 15.0 Å². The number of H-pyrrole nitrogens is 2. The molecule has 1 heterocycles. The molecule has 0 aliphatic carbocycles. The highest BCUT2D eigenvalue weighted by Crippen LogP contribution is 2.12. The number of thioether (sulfide) groups is 1. The molecule has 0 amide bonds. The largest absolute Gasteiger partial charge is 0.390 e. The van der Waals surface area contributed by atoms with Crippen molar-refractivity contribution in [2.75, 3.05) is 32.7 Å². The molecule has 3 N–H and O–H groups in total. The molecule has 0 fully saturated rings. The van der Waals surface area contributed by atoms with Crippen molar-refractivity contribution < 1.29 is 14.6 Å². The van der Waals surface area contributed by atoms with Gasteiger partial charge in [-0.05, 0) is 24.4 Å². The number of nitrogens with zero attached hydrogens (tertiary/aromatic N) is 1. The molecule has 0 aliphatic heterocycles. The molecule has 1 unspecified atom stereocenters. The van der Waals surface area contributed by atoms with Crippen molar-refractivity contribution in [3.8, 4) is 0 Å². The third-order valence-electron chi connectivity index (χ3n) is 1.80. The van der Waals surface area contributed by atoms with Gasteiger partial charge in [0, 0.05) is 12.9 Å². The summed E-state index contributed by atoms with van der Waals surface area (Å²) in [5, 5.41) is 10.2. The van der Waals surface area contributed by atoms with Gasteiger partial charge in [0.25, 0.3) is 0 Å². The highest BCUT2D eigenvalue weighted by molar-refractivity contribution is 7.99. The summed E-state index contributed by atoms with van der Waals surface area (Å²) >= 11 is 11.2. The van der Waals surface area contributed by atoms with Crippen LogP contribution in [0.3, 0.4) is 0 Å². The molecule has 0 spiro atoms. The lowest BCUT2D eigenvalue weighted by atomic mass is 10.4. The Morgan fingerprint density at radius 2 is 2.17 bits per heavy atom. The van der Waals surface area contributed by atoms with Crippen molar-refractivity contribution in [1.82, 2.24) is 15.0 Å². The third-order valence-corrected chi connectivity index (χ3v) is 3.21. The Hall–Kier alpha value is -0.320. The molecular weight excluding hydrogens is 294 g/mol. The fraction of sp³-hybridized carbons (Fsp3) is 0.667. The van der Waals surface area contributed by atoms with Gasteiger partial charge in [-0.1, -0.05) is 11.8 Å². The number of aliphatic hydroxyl groups is 1. The second-order valence-corrected chi connectivity index (χ2v) is 5.14. The molecule has 0 aromatic carbocycles. The van der Waals surface area contributed by atoms with Crippen molar-refractivity contribution in [2.24, 2.45) is 0 Å². The van der Waals surface area contributed by atoms with E-state index in [1.807, 2.05) is 0 Å². The lowest BCUT2D eigenvalue weighted by molar-refractivity contribution is 0.0218. The first-order valence-electron chi connectivity index (χ1n) is 5.20. The molecule has 1 atom stereocenters. The molecule has 1 aromatic rings. The van der Waals surface area contributed by atoms with Crippen LogP contribution in [-0.4, -0.2) is 58.8 Å². The number of rotatable bonds is 8. The second kappa shape index (κ2) is 8.73. The van der Waals surface area contributed by atoms with Crippen molar-refractivity contribution >= 4 is 36.2 Å². The minimum atomic E-state index is -0.576. The Morgan fingerprint density at radius 1 is 1.39 bits per heavy atom. The SMILES string of the molecule is COCCOCC(O)CSc1nc(=S)[nH]c(=S)[nH]1. The molecule has 0 radical (unpaired) electrons. The molecule has 6 nitrogen and oxygen atoms in total. The van der Waals surface area contributed by atoms with E-state index in [9.17, 15) is 5.11 Å². The number of hydrogen-bond donors (Lipinski definition) is 3. The van der Waals surface area contributed by atoms with Crippen LogP contribution in [0.15, 0.2) is 5.16 Å². The van der Waals surface area contributed by atoms with Crippen LogP contribution in [-0.2, 0) is 9.47 Å². The summed E-state index contributed by atoms with van der Waals surface area (Å²) in [5.74, 6) is 0.448. The standard InChI is InChI=1S/C9H15N3O3S3/c1-14-2-3-15-4-6(13)5-18-9-11-7(16)10-8(17)12-9/h6,13H,2-5H2,1H3,(H2,10,11,12,16,17). The summed E-state index contributed by atoms with van der Waals surface area (Å²) in [6.07, 6.45) is -0.576. The van der Waals surface area contributed by atoms with Gasteiger partial charge in [-0.2, -0.15) is 4.98 Å². The Kier molecular flexibility index (Phi) is 7.63. The van der Waals surface area contributed by atoms with Crippen LogP contribution in [0, 0.1) is 9.54 Å². The first-order chi connectivity index (χ1) is 8.61. The van der Waals surface area contributed by atoms with E-state index in [-0.39, 0.29) is 6.61 Å². The number of aliphatic hydroxyl groups excluding tert-OH is 1. The van der Waals surface area contributed by atoms with Gasteiger partial charge in [0.05, 0.1) is 25.9 Å². The van der Waals surface area contributed by atoms with Crippen molar-refractivity contribution in [3.05, 3.63) is 9.54 Å². The Morgan fingerprint density at radius 3 is 2.83 bits per heavy atom. The summed E-state index contributed by atoms with van der Waals surface area (Å²) in [6, 6.07) is 0. The molecule has 1 aromatic heterocycles. The van der Waals surface area contributed by atoms with Crippen LogP contribution in [0.2, 0.25) is 0 Å². The molecule has 0 bridgehead atoms. The summed E-state index contributed by atoms with van der Waals surface area (Å²) in [6.45, 7) is 1.24. The number of hydrogen-bond acceptors (Lipinski definition) is 7. The zero-order valence-corrected chi connectivity index (χ0v) is 12.3. The normalized spacial score (nSPS) is 12.6. The number of ether oxygens (including phenoxy) is 2. The lowest BCUT2D eigenvalue weighted by Crippen LogP contribution is -2.19. The predicted molar refractivity (Wildman–Crippen MR) is 74.0 cm³/mol. The van der Waals surface area contributed by atoms with E-state index in [4.69, 9.17) is 33.9 Å². The van der Waals surface area contributed by atoms with Gasteiger partial charge in [0.2, 0.25) is 4.77 Å². The quantitative estimate of drug-likeness (QED) is 0.379. The van der Waals surface area contributed by atoms with Gasteiger partial charge >= 0.3 is 0 Å². The monoisotopic (exact) mass is 309 g/mol. The fourth-order valence-corrected chi connectivity index (χ4v) is 2.38. The number of aromatic nitrogens is 3. The number of methoxy groups -OCH3 is 1. The maximum atomic E-state index is 9.66. The van der Waals surface area contributed by atoms with E-state index in [0.29, 0.717) is 33.7 Å². The summed E-state index contributed by atoms with van der Waals surface area (Å²) in [5.41, 5.74) is 0. The van der Waals surface area contributed by atoms with Gasteiger partial charge in [0.15, 0.2) is 9.93 Å². The fourth-order valence-electron chi connectivity index (χ4n) is 1.03. The molecule has 102 valence electrons. The smallest absolute Gasteiger partial charge is 0.201 e. The van der Waals surface area contributed by atoms with Gasteiger partial charge in [-0.15, -0.1) is 0 Å². The van der Waals surface area contributed by atoms with E-state index < -0.39 is 6.10 Å². The highest BCUT2D eigenvalue weighted by Gasteiger charge is 2.06. The molecule has 0 saturated heterocycles. The minimum Gasteiger partial charge on any atom is -0.390 e. The summed E-state index contributed by atoms with van der Waals surface area (Å²) < 4.78 is 10.8. The summed E-state index contributed by atoms with van der Waals surface area (Å²) in [4.78, 5) is 9.59. The number of aromatic amines is 2. The molecule has 0 saturated carbocycles. The van der Waals surface area contributed by atoms with Gasteiger partial charge in [-0.25, -0.2) is 0 Å². The number of nitrogens with one attached hydrogen (secondary N) is 2. The minimum absolute atomic E-state index is 0.261. The maximum Gasteiger partial charge on any atom is 0.201 e. The van der Waals surface area contributed by atoms with Crippen LogP contribution in [0.5, 0.6) is 0 Å². The van der Waals surface area contributed by atoms with Crippen molar-refractivity contribution in [1.29, 1.82) is 0 Å². The van der Waals surface area contributed by atoms with Crippen molar-refractivity contribution in [2.45, 2.75) is 11.3 Å². The first kappa shape index (κ1) is 15.7. The van der Waals surface area contributed by atoms with Crippen LogP contribution >= 0.6 is 36.2 Å². The van der Waals surface area contributed by atoms with Crippen molar-refractivity contribution in [3.63, 3.8) is 0 Å². The average molecular weight is 309 g/mol. The van der Waals surface area contributed by atoms with Crippen LogP contribution in [0.1, 0.15) is 0 Å². The third kappa shape index (κ3) is 6.57. The van der Waals surface area contributed by atoms with E-state index in [1.165, 1.54) is 11.8 Å². The van der Waals surface area contributed by atoms with Gasteiger partial charge in [0.1, 0.15) is 0 Å². The van der Waals surface area contributed by atoms with Gasteiger partial charge in [-0.3, -0.25) is 0 Å². The first-order valence-corrected chi connectivity index (χ1v) is 7.00. The Bertz CT molecular complexity index is 434. The Balaban J connectivity index is 2.31. The maximum absolute atomic E-state index is 9.66. The molecule has 1 rings (SSSR count). The molecule has 9 heteroatoms. The lowest BCUT2D eigenvalue weighted by Gasteiger charge is -2.10. The summed E-state index contributed by atoms with van der Waals surface area (Å²) in [7, 11) is 1.60. The molecule has 18 heavy (non-hydrogen) atoms. The molecular formula is C9H15N3O3S3. The zero-order chi connectivity index (χ0) is 13.4. The van der Waals surface area contributed by atoms with E-state index in [1.54, 1.807) is 7.11 Å². The topological polar surface area (TPSA) is 83.2 Å². The van der Waals surface area contributed by atoms with E-state index >= 15 is 0 Å². The average Bonchev–Trinajstić information content (AvgIpc) is 2.31. The van der Waals surface area contributed by atoms with Crippen LogP contribution in [0.4, 0.5) is 0 Å². The van der Waals surface area contributed by atoms with Gasteiger partial charge < -0.3 is 24.5 Å². The second-order valence-electron chi connectivity index (χ2n) is 3.33. The van der Waals surface area contributed by atoms with E-state index in [0.717, 1.165) is 0 Å². The highest BCUT2D eigenvalue weighted by atomic mass is 32.2. The molecule has 0 aliphatic rings. The Labute approximate surface area is 119 Å².